The van der Waals surface area contributed by atoms with Crippen molar-refractivity contribution in [2.24, 2.45) is 0 Å². The van der Waals surface area contributed by atoms with E-state index in [1.54, 1.807) is 27.9 Å². The van der Waals surface area contributed by atoms with Gasteiger partial charge in [-0.3, -0.25) is 0 Å². The van der Waals surface area contributed by atoms with Crippen LogP contribution in [0.2, 0.25) is 0 Å². The van der Waals surface area contributed by atoms with Crippen molar-refractivity contribution in [3.05, 3.63) is 23.2 Å². The molecule has 1 aliphatic heterocycles. The monoisotopic (exact) mass is 342 g/mol. The SMILES string of the molecule is CO[C@H]1C[C@H](c2nc(C)no2)N(S(=O)(=O)c2c(C)noc2C)C1. The third kappa shape index (κ3) is 2.66. The Labute approximate surface area is 133 Å². The minimum Gasteiger partial charge on any atom is -0.380 e. The smallest absolute Gasteiger partial charge is 0.249 e. The molecule has 2 atom stereocenters. The van der Waals surface area contributed by atoms with Gasteiger partial charge in [-0.15, -0.1) is 0 Å². The molecule has 0 N–H and O–H groups in total. The van der Waals surface area contributed by atoms with Crippen molar-refractivity contribution < 1.29 is 22.2 Å². The molecule has 0 radical (unpaired) electrons. The van der Waals surface area contributed by atoms with Crippen molar-refractivity contribution >= 4 is 10.0 Å². The number of aryl methyl sites for hydroxylation is 3. The van der Waals surface area contributed by atoms with Crippen LogP contribution in [-0.4, -0.2) is 47.8 Å². The molecule has 126 valence electrons. The highest BCUT2D eigenvalue weighted by Gasteiger charge is 2.45. The van der Waals surface area contributed by atoms with Gasteiger partial charge in [0.15, 0.2) is 11.6 Å². The van der Waals surface area contributed by atoms with Crippen molar-refractivity contribution in [3.8, 4) is 0 Å². The molecule has 1 aliphatic rings. The third-order valence-corrected chi connectivity index (χ3v) is 6.03. The number of ether oxygens (including phenoxy) is 1. The van der Waals surface area contributed by atoms with Crippen LogP contribution in [0.25, 0.3) is 0 Å². The molecule has 3 rings (SSSR count). The molecule has 1 saturated heterocycles. The molecule has 0 aliphatic carbocycles. The first kappa shape index (κ1) is 16.1. The van der Waals surface area contributed by atoms with Crippen LogP contribution < -0.4 is 0 Å². The van der Waals surface area contributed by atoms with E-state index in [4.69, 9.17) is 13.8 Å². The number of hydrogen-bond donors (Lipinski definition) is 0. The Bertz CT molecular complexity index is 793. The van der Waals surface area contributed by atoms with Crippen molar-refractivity contribution in [2.75, 3.05) is 13.7 Å². The average molecular weight is 342 g/mol. The molecule has 0 bridgehead atoms. The van der Waals surface area contributed by atoms with Gasteiger partial charge in [-0.25, -0.2) is 8.42 Å². The van der Waals surface area contributed by atoms with Gasteiger partial charge in [0, 0.05) is 20.1 Å². The fourth-order valence-electron chi connectivity index (χ4n) is 2.84. The summed E-state index contributed by atoms with van der Waals surface area (Å²) in [6.07, 6.45) is 0.197. The van der Waals surface area contributed by atoms with Crippen molar-refractivity contribution in [1.82, 2.24) is 19.6 Å². The molecule has 23 heavy (non-hydrogen) atoms. The largest absolute Gasteiger partial charge is 0.380 e. The average Bonchev–Trinajstić information content (AvgIpc) is 3.17. The first-order valence-corrected chi connectivity index (χ1v) is 8.56. The Balaban J connectivity index is 2.04. The molecule has 2 aromatic rings. The van der Waals surface area contributed by atoms with Gasteiger partial charge in [-0.05, 0) is 20.8 Å². The van der Waals surface area contributed by atoms with E-state index in [9.17, 15) is 8.42 Å². The topological polar surface area (TPSA) is 112 Å². The summed E-state index contributed by atoms with van der Waals surface area (Å²) in [4.78, 5) is 4.25. The highest BCUT2D eigenvalue weighted by atomic mass is 32.2. The van der Waals surface area contributed by atoms with E-state index in [2.05, 4.69) is 15.3 Å². The van der Waals surface area contributed by atoms with E-state index in [1.807, 2.05) is 0 Å². The molecule has 0 amide bonds. The fraction of sp³-hybridized carbons (Fsp3) is 0.615. The minimum absolute atomic E-state index is 0.0792. The maximum atomic E-state index is 13.1. The lowest BCUT2D eigenvalue weighted by molar-refractivity contribution is 0.114. The summed E-state index contributed by atoms with van der Waals surface area (Å²) in [5.74, 6) is 0.969. The summed E-state index contributed by atoms with van der Waals surface area (Å²) in [6, 6.07) is -0.570. The lowest BCUT2D eigenvalue weighted by Gasteiger charge is -2.20. The van der Waals surface area contributed by atoms with Crippen molar-refractivity contribution in [2.45, 2.75) is 44.2 Å². The van der Waals surface area contributed by atoms with E-state index in [-0.39, 0.29) is 29.2 Å². The molecule has 10 heteroatoms. The zero-order chi connectivity index (χ0) is 16.8. The summed E-state index contributed by atoms with van der Waals surface area (Å²) >= 11 is 0. The van der Waals surface area contributed by atoms with Crippen LogP contribution in [0.4, 0.5) is 0 Å². The molecule has 0 spiro atoms. The van der Waals surface area contributed by atoms with E-state index in [0.29, 0.717) is 17.9 Å². The number of aromatic nitrogens is 3. The molecular weight excluding hydrogens is 324 g/mol. The second kappa shape index (κ2) is 5.69. The Morgan fingerprint density at radius 1 is 1.22 bits per heavy atom. The van der Waals surface area contributed by atoms with Crippen LogP contribution in [0.1, 0.15) is 35.6 Å². The van der Waals surface area contributed by atoms with Gasteiger partial charge in [-0.1, -0.05) is 10.3 Å². The van der Waals surface area contributed by atoms with E-state index < -0.39 is 16.1 Å². The van der Waals surface area contributed by atoms with Gasteiger partial charge in [0.2, 0.25) is 15.9 Å². The Hall–Kier alpha value is -1.78. The summed E-state index contributed by atoms with van der Waals surface area (Å²) < 4.78 is 43.0. The zero-order valence-electron chi connectivity index (χ0n) is 13.3. The lowest BCUT2D eigenvalue weighted by atomic mass is 10.2. The van der Waals surface area contributed by atoms with Crippen LogP contribution in [-0.2, 0) is 14.8 Å². The first-order valence-electron chi connectivity index (χ1n) is 7.12. The van der Waals surface area contributed by atoms with Crippen molar-refractivity contribution in [1.29, 1.82) is 0 Å². The number of rotatable bonds is 4. The quantitative estimate of drug-likeness (QED) is 0.813. The number of nitrogens with zero attached hydrogens (tertiary/aromatic N) is 4. The van der Waals surface area contributed by atoms with Crippen molar-refractivity contribution in [3.63, 3.8) is 0 Å². The van der Waals surface area contributed by atoms with Crippen LogP contribution >= 0.6 is 0 Å². The first-order chi connectivity index (χ1) is 10.8. The normalized spacial score (nSPS) is 22.8. The van der Waals surface area contributed by atoms with Crippen LogP contribution in [0, 0.1) is 20.8 Å². The summed E-state index contributed by atoms with van der Waals surface area (Å²) in [5, 5.41) is 7.48. The number of methoxy groups -OCH3 is 1. The maximum Gasteiger partial charge on any atom is 0.249 e. The second-order valence-corrected chi connectivity index (χ2v) is 7.34. The van der Waals surface area contributed by atoms with Crippen LogP contribution in [0.15, 0.2) is 13.9 Å². The molecule has 3 heterocycles. The molecule has 0 saturated carbocycles. The van der Waals surface area contributed by atoms with E-state index in [1.165, 1.54) is 4.31 Å². The Morgan fingerprint density at radius 2 is 1.96 bits per heavy atom. The number of hydrogen-bond acceptors (Lipinski definition) is 8. The molecular formula is C13H18N4O5S. The molecule has 2 aromatic heterocycles. The zero-order valence-corrected chi connectivity index (χ0v) is 14.1. The van der Waals surface area contributed by atoms with E-state index >= 15 is 0 Å². The molecule has 1 fully saturated rings. The van der Waals surface area contributed by atoms with Gasteiger partial charge in [-0.2, -0.15) is 9.29 Å². The number of sulfonamides is 1. The standard InChI is InChI=1S/C13H18N4O5S/c1-7-12(8(2)21-15-7)23(18,19)17-6-10(20-4)5-11(17)13-14-9(3)16-22-13/h10-11H,5-6H2,1-4H3/t10-,11+/m0/s1. The predicted molar refractivity (Wildman–Crippen MR) is 77.1 cm³/mol. The summed E-state index contributed by atoms with van der Waals surface area (Å²) in [5.41, 5.74) is 0.323. The second-order valence-electron chi connectivity index (χ2n) is 5.52. The lowest BCUT2D eigenvalue weighted by Crippen LogP contribution is -2.32. The Morgan fingerprint density at radius 3 is 2.48 bits per heavy atom. The maximum absolute atomic E-state index is 13.1. The minimum atomic E-state index is -3.82. The van der Waals surface area contributed by atoms with Gasteiger partial charge in [0.05, 0.1) is 6.10 Å². The predicted octanol–water partition coefficient (Wildman–Crippen LogP) is 1.13. The highest BCUT2D eigenvalue weighted by molar-refractivity contribution is 7.89. The Kier molecular flexibility index (Phi) is 3.98. The van der Waals surface area contributed by atoms with Gasteiger partial charge < -0.3 is 13.8 Å². The fourth-order valence-corrected chi connectivity index (χ4v) is 4.76. The molecule has 0 aromatic carbocycles. The third-order valence-electron chi connectivity index (χ3n) is 3.91. The summed E-state index contributed by atoms with van der Waals surface area (Å²) in [6.45, 7) is 5.06. The van der Waals surface area contributed by atoms with Crippen LogP contribution in [0.5, 0.6) is 0 Å². The van der Waals surface area contributed by atoms with Gasteiger partial charge in [0.25, 0.3) is 0 Å². The molecule has 0 unspecified atom stereocenters. The van der Waals surface area contributed by atoms with Gasteiger partial charge in [0.1, 0.15) is 16.6 Å². The summed E-state index contributed by atoms with van der Waals surface area (Å²) in [7, 11) is -2.27. The highest BCUT2D eigenvalue weighted by Crippen LogP contribution is 2.38. The van der Waals surface area contributed by atoms with Crippen LogP contribution in [0.3, 0.4) is 0 Å². The van der Waals surface area contributed by atoms with E-state index in [0.717, 1.165) is 0 Å². The van der Waals surface area contributed by atoms with Gasteiger partial charge >= 0.3 is 0 Å². The molecule has 9 nitrogen and oxygen atoms in total.